The summed E-state index contributed by atoms with van der Waals surface area (Å²) >= 11 is 7.61. The number of carbonyl (C=O) groups is 1. The average Bonchev–Trinajstić information content (AvgIpc) is 3.20. The van der Waals surface area contributed by atoms with Crippen LogP contribution in [0, 0.1) is 0 Å². The topological polar surface area (TPSA) is 66.1 Å². The van der Waals surface area contributed by atoms with Crippen molar-refractivity contribution < 1.29 is 4.79 Å². The molecule has 0 aliphatic heterocycles. The fourth-order valence-electron chi connectivity index (χ4n) is 3.58. The molecule has 0 spiro atoms. The Hall–Kier alpha value is -2.18. The van der Waals surface area contributed by atoms with Crippen LogP contribution in [-0.2, 0) is 30.6 Å². The highest BCUT2D eigenvalue weighted by Gasteiger charge is 2.21. The molecule has 1 aliphatic rings. The lowest BCUT2D eigenvalue weighted by Crippen LogP contribution is -2.26. The average molecular weight is 402 g/mol. The van der Waals surface area contributed by atoms with Crippen LogP contribution in [0.2, 0.25) is 5.02 Å². The van der Waals surface area contributed by atoms with Gasteiger partial charge in [0.2, 0.25) is 5.91 Å². The first-order valence-corrected chi connectivity index (χ1v) is 10.2. The van der Waals surface area contributed by atoms with E-state index in [1.165, 1.54) is 10.4 Å². The number of benzene rings is 1. The van der Waals surface area contributed by atoms with Gasteiger partial charge in [0.15, 0.2) is 0 Å². The first-order valence-electron chi connectivity index (χ1n) is 9.03. The van der Waals surface area contributed by atoms with Gasteiger partial charge in [-0.2, -0.15) is 0 Å². The molecule has 140 valence electrons. The van der Waals surface area contributed by atoms with Crippen LogP contribution >= 0.6 is 22.9 Å². The van der Waals surface area contributed by atoms with E-state index in [4.69, 9.17) is 11.6 Å². The van der Waals surface area contributed by atoms with Gasteiger partial charge in [0.1, 0.15) is 10.7 Å². The van der Waals surface area contributed by atoms with Crippen molar-refractivity contribution >= 4 is 39.1 Å². The summed E-state index contributed by atoms with van der Waals surface area (Å²) in [6.45, 7) is 0.500. The highest BCUT2D eigenvalue weighted by Crippen LogP contribution is 2.34. The van der Waals surface area contributed by atoms with Gasteiger partial charge in [-0.1, -0.05) is 23.7 Å². The van der Waals surface area contributed by atoms with Gasteiger partial charge in [0.25, 0.3) is 5.56 Å². The van der Waals surface area contributed by atoms with Crippen LogP contribution in [0.15, 0.2) is 29.1 Å². The summed E-state index contributed by atoms with van der Waals surface area (Å²) in [5, 5.41) is 1.41. The zero-order valence-corrected chi connectivity index (χ0v) is 16.6. The van der Waals surface area contributed by atoms with Gasteiger partial charge in [-0.15, -0.1) is 11.3 Å². The van der Waals surface area contributed by atoms with Gasteiger partial charge in [0.05, 0.1) is 5.39 Å². The van der Waals surface area contributed by atoms with Crippen LogP contribution in [0.25, 0.3) is 10.2 Å². The fraction of sp³-hybridized carbons (Fsp3) is 0.350. The molecule has 1 amide bonds. The van der Waals surface area contributed by atoms with Crippen molar-refractivity contribution in [3.63, 3.8) is 0 Å². The molecule has 0 unspecified atom stereocenters. The Labute approximate surface area is 166 Å². The molecular weight excluding hydrogens is 382 g/mol. The zero-order valence-electron chi connectivity index (χ0n) is 15.0. The second-order valence-electron chi connectivity index (χ2n) is 6.93. The number of amides is 1. The number of aromatic nitrogens is 2. The number of rotatable bonds is 5. The summed E-state index contributed by atoms with van der Waals surface area (Å²) in [6, 6.07) is 7.48. The van der Waals surface area contributed by atoms with Crippen LogP contribution < -0.4 is 5.56 Å². The van der Waals surface area contributed by atoms with Gasteiger partial charge in [-0.05, 0) is 42.5 Å². The van der Waals surface area contributed by atoms with Crippen molar-refractivity contribution in [1.82, 2.24) is 14.9 Å². The second kappa shape index (κ2) is 7.44. The van der Waals surface area contributed by atoms with Crippen LogP contribution in [-0.4, -0.2) is 27.8 Å². The van der Waals surface area contributed by atoms with Crippen molar-refractivity contribution in [1.29, 1.82) is 0 Å². The van der Waals surface area contributed by atoms with E-state index in [1.807, 2.05) is 24.3 Å². The van der Waals surface area contributed by atoms with Crippen molar-refractivity contribution in [3.8, 4) is 0 Å². The van der Waals surface area contributed by atoms with Gasteiger partial charge in [-0.25, -0.2) is 4.98 Å². The quantitative estimate of drug-likeness (QED) is 0.708. The molecular formula is C20H20ClN3O2S. The predicted molar refractivity (Wildman–Crippen MR) is 109 cm³/mol. The van der Waals surface area contributed by atoms with Crippen molar-refractivity contribution in [2.45, 2.75) is 38.6 Å². The normalized spacial score (nSPS) is 13.1. The minimum absolute atomic E-state index is 0.00592. The number of carbonyl (C=O) groups excluding carboxylic acids is 1. The Balaban J connectivity index is 1.43. The standard InChI is InChI=1S/C20H20ClN3O2S/c1-24(11-12-4-2-5-13(21)10-12)17(25)9-8-16-22-19(26)18-14-6-3-7-15(14)27-20(18)23-16/h2,4-5,10H,3,6-9,11H2,1H3,(H,22,23,26). The van der Waals surface area contributed by atoms with Crippen LogP contribution in [0.1, 0.15) is 34.7 Å². The number of hydrogen-bond donors (Lipinski definition) is 1. The molecule has 0 bridgehead atoms. The van der Waals surface area contributed by atoms with Gasteiger partial charge in [0, 0.05) is 36.3 Å². The lowest BCUT2D eigenvalue weighted by atomic mass is 10.2. The van der Waals surface area contributed by atoms with Crippen LogP contribution in [0.4, 0.5) is 0 Å². The number of aromatic amines is 1. The Morgan fingerprint density at radius 3 is 3.04 bits per heavy atom. The summed E-state index contributed by atoms with van der Waals surface area (Å²) in [4.78, 5) is 36.2. The number of H-pyrrole nitrogens is 1. The lowest BCUT2D eigenvalue weighted by molar-refractivity contribution is -0.130. The molecule has 7 heteroatoms. The van der Waals surface area contributed by atoms with E-state index in [2.05, 4.69) is 9.97 Å². The molecule has 2 aromatic heterocycles. The third-order valence-corrected chi connectivity index (χ3v) is 6.36. The van der Waals surface area contributed by atoms with E-state index in [0.29, 0.717) is 30.2 Å². The maximum Gasteiger partial charge on any atom is 0.259 e. The molecule has 4 rings (SSSR count). The molecule has 1 N–H and O–H groups in total. The summed E-state index contributed by atoms with van der Waals surface area (Å²) in [5.74, 6) is 0.586. The van der Waals surface area contributed by atoms with E-state index >= 15 is 0 Å². The highest BCUT2D eigenvalue weighted by atomic mass is 35.5. The van der Waals surface area contributed by atoms with Crippen LogP contribution in [0.3, 0.4) is 0 Å². The molecule has 1 aliphatic carbocycles. The smallest absolute Gasteiger partial charge is 0.259 e. The monoisotopic (exact) mass is 401 g/mol. The van der Waals surface area contributed by atoms with E-state index in [9.17, 15) is 9.59 Å². The minimum Gasteiger partial charge on any atom is -0.341 e. The number of aryl methyl sites for hydroxylation is 3. The van der Waals surface area contributed by atoms with E-state index in [-0.39, 0.29) is 11.5 Å². The largest absolute Gasteiger partial charge is 0.341 e. The molecule has 2 heterocycles. The summed E-state index contributed by atoms with van der Waals surface area (Å²) in [7, 11) is 1.77. The highest BCUT2D eigenvalue weighted by molar-refractivity contribution is 7.18. The summed E-state index contributed by atoms with van der Waals surface area (Å²) in [5.41, 5.74) is 2.08. The molecule has 0 saturated carbocycles. The maximum absolute atomic E-state index is 12.5. The van der Waals surface area contributed by atoms with Crippen molar-refractivity contribution in [2.24, 2.45) is 0 Å². The first-order chi connectivity index (χ1) is 13.0. The van der Waals surface area contributed by atoms with Gasteiger partial charge < -0.3 is 9.88 Å². The molecule has 27 heavy (non-hydrogen) atoms. The third kappa shape index (κ3) is 3.77. The van der Waals surface area contributed by atoms with E-state index < -0.39 is 0 Å². The number of fused-ring (bicyclic) bond motifs is 3. The second-order valence-corrected chi connectivity index (χ2v) is 8.45. The Bertz CT molecular complexity index is 1070. The lowest BCUT2D eigenvalue weighted by Gasteiger charge is -2.17. The van der Waals surface area contributed by atoms with Crippen molar-refractivity contribution in [2.75, 3.05) is 7.05 Å². The number of hydrogen-bond acceptors (Lipinski definition) is 4. The summed E-state index contributed by atoms with van der Waals surface area (Å²) in [6.07, 6.45) is 3.85. The maximum atomic E-state index is 12.5. The van der Waals surface area contributed by atoms with Gasteiger partial charge in [-0.3, -0.25) is 9.59 Å². The molecule has 5 nitrogen and oxygen atoms in total. The molecule has 3 aromatic rings. The SMILES string of the molecule is CN(Cc1cccc(Cl)c1)C(=O)CCc1nc2sc3c(c2c(=O)[nH]1)CCC3. The van der Waals surface area contributed by atoms with Gasteiger partial charge >= 0.3 is 0 Å². The number of nitrogens with zero attached hydrogens (tertiary/aromatic N) is 2. The molecule has 0 atom stereocenters. The minimum atomic E-state index is -0.0749. The van der Waals surface area contributed by atoms with Crippen LogP contribution in [0.5, 0.6) is 0 Å². The number of nitrogens with one attached hydrogen (secondary N) is 1. The zero-order chi connectivity index (χ0) is 19.0. The van der Waals surface area contributed by atoms with Crippen molar-refractivity contribution in [3.05, 3.63) is 61.5 Å². The Morgan fingerprint density at radius 1 is 1.37 bits per heavy atom. The molecule has 1 aromatic carbocycles. The first kappa shape index (κ1) is 18.2. The number of thiophene rings is 1. The molecule has 0 radical (unpaired) electrons. The number of halogens is 1. The third-order valence-electron chi connectivity index (χ3n) is 4.93. The fourth-order valence-corrected chi connectivity index (χ4v) is 5.07. The van der Waals surface area contributed by atoms with E-state index in [0.717, 1.165) is 35.0 Å². The molecule has 0 fully saturated rings. The summed E-state index contributed by atoms with van der Waals surface area (Å²) < 4.78 is 0. The Kier molecular flexibility index (Phi) is 5.02. The predicted octanol–water partition coefficient (Wildman–Crippen LogP) is 3.72. The van der Waals surface area contributed by atoms with E-state index in [1.54, 1.807) is 23.3 Å². The molecule has 0 saturated heterocycles. The Morgan fingerprint density at radius 2 is 2.22 bits per heavy atom.